The van der Waals surface area contributed by atoms with Crippen LogP contribution in [0, 0.1) is 0 Å². The number of fused-ring (bicyclic) bond motifs is 1. The minimum Gasteiger partial charge on any atom is -0.497 e. The molecule has 0 fully saturated rings. The molecule has 0 amide bonds. The van der Waals surface area contributed by atoms with E-state index < -0.39 is 5.97 Å². The molecule has 3 rings (SSSR count). The zero-order valence-electron chi connectivity index (χ0n) is 13.7. The molecule has 25 heavy (non-hydrogen) atoms. The first-order chi connectivity index (χ1) is 12.2. The van der Waals surface area contributed by atoms with Crippen molar-refractivity contribution in [3.63, 3.8) is 0 Å². The van der Waals surface area contributed by atoms with Gasteiger partial charge in [-0.25, -0.2) is 4.98 Å². The van der Waals surface area contributed by atoms with Gasteiger partial charge in [-0.2, -0.15) is 0 Å². The van der Waals surface area contributed by atoms with Gasteiger partial charge in [-0.15, -0.1) is 11.3 Å². The summed E-state index contributed by atoms with van der Waals surface area (Å²) in [6.07, 6.45) is 0.713. The third-order valence-corrected chi connectivity index (χ3v) is 4.75. The molecule has 0 bridgehead atoms. The highest BCUT2D eigenvalue weighted by atomic mass is 32.1. The maximum atomic E-state index is 12.0. The molecular formula is C19H17NO4S. The van der Waals surface area contributed by atoms with Gasteiger partial charge in [0, 0.05) is 12.0 Å². The van der Waals surface area contributed by atoms with Crippen LogP contribution in [0.3, 0.4) is 0 Å². The predicted octanol–water partition coefficient (Wildman–Crippen LogP) is 3.66. The summed E-state index contributed by atoms with van der Waals surface area (Å²) >= 11 is 1.57. The molecule has 0 aliphatic carbocycles. The van der Waals surface area contributed by atoms with Gasteiger partial charge in [-0.05, 0) is 36.4 Å². The van der Waals surface area contributed by atoms with Crippen molar-refractivity contribution >= 4 is 33.3 Å². The molecule has 0 atom stereocenters. The van der Waals surface area contributed by atoms with Crippen molar-refractivity contribution in [2.75, 3.05) is 13.7 Å². The van der Waals surface area contributed by atoms with Gasteiger partial charge in [0.05, 0.1) is 28.8 Å². The van der Waals surface area contributed by atoms with Gasteiger partial charge in [0.15, 0.2) is 12.4 Å². The average Bonchev–Trinajstić information content (AvgIpc) is 3.07. The smallest absolute Gasteiger partial charge is 0.306 e. The number of para-hydroxylation sites is 1. The van der Waals surface area contributed by atoms with Gasteiger partial charge in [0.2, 0.25) is 0 Å². The van der Waals surface area contributed by atoms with E-state index in [9.17, 15) is 9.59 Å². The van der Waals surface area contributed by atoms with E-state index in [1.54, 1.807) is 42.7 Å². The fourth-order valence-corrected chi connectivity index (χ4v) is 3.28. The number of aryl methyl sites for hydroxylation is 1. The maximum absolute atomic E-state index is 12.0. The van der Waals surface area contributed by atoms with Crippen LogP contribution in [0.5, 0.6) is 5.75 Å². The maximum Gasteiger partial charge on any atom is 0.306 e. The quantitative estimate of drug-likeness (QED) is 0.478. The molecule has 0 unspecified atom stereocenters. The number of methoxy groups -OCH3 is 1. The number of thiazole rings is 1. The first-order valence-electron chi connectivity index (χ1n) is 7.83. The van der Waals surface area contributed by atoms with Crippen LogP contribution in [0.2, 0.25) is 0 Å². The molecule has 1 aromatic heterocycles. The summed E-state index contributed by atoms with van der Waals surface area (Å²) in [5, 5.41) is 0.889. The molecule has 3 aromatic rings. The Balaban J connectivity index is 1.47. The summed E-state index contributed by atoms with van der Waals surface area (Å²) in [5.74, 6) is 0.0292. The number of carbonyl (C=O) groups is 2. The Labute approximate surface area is 149 Å². The normalized spacial score (nSPS) is 10.6. The Morgan fingerprint density at radius 2 is 1.84 bits per heavy atom. The summed E-state index contributed by atoms with van der Waals surface area (Å²) in [4.78, 5) is 28.3. The van der Waals surface area contributed by atoms with Gasteiger partial charge >= 0.3 is 5.97 Å². The standard InChI is InChI=1S/C19H17NO4S/c1-23-14-8-6-13(7-9-14)16(21)12-24-19(22)11-10-18-20-15-4-2-3-5-17(15)25-18/h2-9H,10-12H2,1H3. The number of esters is 1. The summed E-state index contributed by atoms with van der Waals surface area (Å²) in [6.45, 7) is -0.259. The van der Waals surface area contributed by atoms with E-state index >= 15 is 0 Å². The fourth-order valence-electron chi connectivity index (χ4n) is 2.31. The molecular weight excluding hydrogens is 338 g/mol. The number of hydrogen-bond acceptors (Lipinski definition) is 6. The lowest BCUT2D eigenvalue weighted by atomic mass is 10.1. The lowest BCUT2D eigenvalue weighted by molar-refractivity contribution is -0.142. The van der Waals surface area contributed by atoms with Crippen LogP contribution in [0.15, 0.2) is 48.5 Å². The van der Waals surface area contributed by atoms with Gasteiger partial charge < -0.3 is 9.47 Å². The van der Waals surface area contributed by atoms with Crippen molar-refractivity contribution in [1.29, 1.82) is 0 Å². The highest BCUT2D eigenvalue weighted by molar-refractivity contribution is 7.18. The van der Waals surface area contributed by atoms with Crippen molar-refractivity contribution in [3.05, 3.63) is 59.1 Å². The number of Topliss-reactive ketones (excluding diaryl/α,β-unsaturated/α-hetero) is 1. The lowest BCUT2D eigenvalue weighted by Gasteiger charge is -2.05. The molecule has 128 valence electrons. The van der Waals surface area contributed by atoms with Crippen molar-refractivity contribution < 1.29 is 19.1 Å². The number of ketones is 1. The van der Waals surface area contributed by atoms with E-state index in [4.69, 9.17) is 9.47 Å². The number of rotatable bonds is 7. The third-order valence-electron chi connectivity index (χ3n) is 3.66. The van der Waals surface area contributed by atoms with E-state index in [0.717, 1.165) is 15.2 Å². The summed E-state index contributed by atoms with van der Waals surface area (Å²) in [5.41, 5.74) is 1.42. The molecule has 0 N–H and O–H groups in total. The van der Waals surface area contributed by atoms with Crippen molar-refractivity contribution in [1.82, 2.24) is 4.98 Å². The fraction of sp³-hybridized carbons (Fsp3) is 0.211. The monoisotopic (exact) mass is 355 g/mol. The Kier molecular flexibility index (Phi) is 5.40. The van der Waals surface area contributed by atoms with Crippen LogP contribution >= 0.6 is 11.3 Å². The van der Waals surface area contributed by atoms with E-state index in [1.165, 1.54) is 0 Å². The van der Waals surface area contributed by atoms with E-state index in [0.29, 0.717) is 17.7 Å². The molecule has 6 heteroatoms. The average molecular weight is 355 g/mol. The second kappa shape index (κ2) is 7.90. The van der Waals surface area contributed by atoms with Crippen LogP contribution in [0.25, 0.3) is 10.2 Å². The second-order valence-corrected chi connectivity index (χ2v) is 6.50. The van der Waals surface area contributed by atoms with E-state index in [-0.39, 0.29) is 18.8 Å². The molecule has 0 radical (unpaired) electrons. The number of aromatic nitrogens is 1. The van der Waals surface area contributed by atoms with Crippen molar-refractivity contribution in [2.24, 2.45) is 0 Å². The first kappa shape index (κ1) is 17.1. The highest BCUT2D eigenvalue weighted by Gasteiger charge is 2.11. The van der Waals surface area contributed by atoms with Crippen LogP contribution in [0.1, 0.15) is 21.8 Å². The molecule has 2 aromatic carbocycles. The zero-order chi connectivity index (χ0) is 17.6. The number of benzene rings is 2. The topological polar surface area (TPSA) is 65.5 Å². The highest BCUT2D eigenvalue weighted by Crippen LogP contribution is 2.22. The van der Waals surface area contributed by atoms with E-state index in [1.807, 2.05) is 24.3 Å². The molecule has 0 spiro atoms. The number of ether oxygens (including phenoxy) is 2. The predicted molar refractivity (Wildman–Crippen MR) is 96.2 cm³/mol. The Bertz CT molecular complexity index is 853. The van der Waals surface area contributed by atoms with Gasteiger partial charge in [0.1, 0.15) is 5.75 Å². The molecule has 0 saturated heterocycles. The molecule has 1 heterocycles. The Morgan fingerprint density at radius 3 is 2.56 bits per heavy atom. The summed E-state index contributed by atoms with van der Waals surface area (Å²) < 4.78 is 11.2. The largest absolute Gasteiger partial charge is 0.497 e. The van der Waals surface area contributed by atoms with Crippen LogP contribution < -0.4 is 4.74 Å². The van der Waals surface area contributed by atoms with Crippen LogP contribution in [-0.4, -0.2) is 30.5 Å². The number of nitrogens with zero attached hydrogens (tertiary/aromatic N) is 1. The van der Waals surface area contributed by atoms with Crippen molar-refractivity contribution in [3.8, 4) is 5.75 Å². The summed E-state index contributed by atoms with van der Waals surface area (Å²) in [6, 6.07) is 14.5. The van der Waals surface area contributed by atoms with Crippen molar-refractivity contribution in [2.45, 2.75) is 12.8 Å². The van der Waals surface area contributed by atoms with Gasteiger partial charge in [-0.3, -0.25) is 9.59 Å². The van der Waals surface area contributed by atoms with Gasteiger partial charge in [0.25, 0.3) is 0 Å². The SMILES string of the molecule is COc1ccc(C(=O)COC(=O)CCc2nc3ccccc3s2)cc1. The first-order valence-corrected chi connectivity index (χ1v) is 8.64. The van der Waals surface area contributed by atoms with Crippen LogP contribution in [-0.2, 0) is 16.0 Å². The summed E-state index contributed by atoms with van der Waals surface area (Å²) in [7, 11) is 1.56. The minimum atomic E-state index is -0.402. The number of hydrogen-bond donors (Lipinski definition) is 0. The Morgan fingerprint density at radius 1 is 1.08 bits per heavy atom. The molecule has 0 aliphatic heterocycles. The van der Waals surface area contributed by atoms with Gasteiger partial charge in [-0.1, -0.05) is 12.1 Å². The Hall–Kier alpha value is -2.73. The zero-order valence-corrected chi connectivity index (χ0v) is 14.5. The minimum absolute atomic E-state index is 0.204. The molecule has 5 nitrogen and oxygen atoms in total. The molecule has 0 saturated carbocycles. The van der Waals surface area contributed by atoms with E-state index in [2.05, 4.69) is 4.98 Å². The number of carbonyl (C=O) groups excluding carboxylic acids is 2. The molecule has 0 aliphatic rings. The third kappa shape index (κ3) is 4.42. The van der Waals surface area contributed by atoms with Crippen LogP contribution in [0.4, 0.5) is 0 Å². The second-order valence-electron chi connectivity index (χ2n) is 5.39. The lowest BCUT2D eigenvalue weighted by Crippen LogP contribution is -2.14.